The van der Waals surface area contributed by atoms with E-state index >= 15 is 0 Å². The molecule has 2 rings (SSSR count). The highest BCUT2D eigenvalue weighted by Crippen LogP contribution is 2.23. The minimum atomic E-state index is -0.760. The van der Waals surface area contributed by atoms with Crippen LogP contribution in [0.1, 0.15) is 19.4 Å². The Labute approximate surface area is 178 Å². The number of hydrogen-bond acceptors (Lipinski definition) is 7. The van der Waals surface area contributed by atoms with Gasteiger partial charge in [-0.2, -0.15) is 0 Å². The van der Waals surface area contributed by atoms with Crippen LogP contribution in [-0.4, -0.2) is 65.1 Å². The first kappa shape index (κ1) is 22.8. The van der Waals surface area contributed by atoms with Gasteiger partial charge in [-0.15, -0.1) is 11.8 Å². The van der Waals surface area contributed by atoms with E-state index in [-0.39, 0.29) is 25.4 Å². The number of nitrogens with one attached hydrogen (secondary N) is 1. The highest BCUT2D eigenvalue weighted by molar-refractivity contribution is 7.99. The number of carbonyl (C=O) groups excluding carboxylic acids is 3. The number of amides is 4. The predicted octanol–water partition coefficient (Wildman–Crippen LogP) is 2.89. The highest BCUT2D eigenvalue weighted by Gasteiger charge is 2.39. The summed E-state index contributed by atoms with van der Waals surface area (Å²) in [6.45, 7) is 3.57. The molecule has 1 aromatic rings. The lowest BCUT2D eigenvalue weighted by Crippen LogP contribution is -2.64. The predicted molar refractivity (Wildman–Crippen MR) is 111 cm³/mol. The van der Waals surface area contributed by atoms with Crippen LogP contribution in [0.25, 0.3) is 0 Å². The number of nitrogens with zero attached hydrogens (tertiary/aromatic N) is 3. The Balaban J connectivity index is 2.25. The summed E-state index contributed by atoms with van der Waals surface area (Å²) in [7, 11) is 1.26. The molecule has 11 heteroatoms. The zero-order chi connectivity index (χ0) is 21.4. The van der Waals surface area contributed by atoms with E-state index < -0.39 is 23.5 Å². The molecule has 9 nitrogen and oxygen atoms in total. The molecule has 158 valence electrons. The number of carbonyl (C=O) groups is 3. The first-order valence-electron chi connectivity index (χ1n) is 8.93. The van der Waals surface area contributed by atoms with Gasteiger partial charge >= 0.3 is 18.0 Å². The van der Waals surface area contributed by atoms with Crippen LogP contribution in [0.4, 0.5) is 9.59 Å². The van der Waals surface area contributed by atoms with Crippen molar-refractivity contribution in [2.24, 2.45) is 5.16 Å². The van der Waals surface area contributed by atoms with Crippen molar-refractivity contribution in [1.29, 1.82) is 0 Å². The molecule has 0 radical (unpaired) electrons. The summed E-state index contributed by atoms with van der Waals surface area (Å²) in [5, 5.41) is 6.97. The summed E-state index contributed by atoms with van der Waals surface area (Å²) < 4.78 is 4.91. The maximum Gasteiger partial charge on any atom is 0.358 e. The Morgan fingerprint density at radius 1 is 1.28 bits per heavy atom. The van der Waals surface area contributed by atoms with Gasteiger partial charge in [-0.1, -0.05) is 35.8 Å². The lowest BCUT2D eigenvalue weighted by Gasteiger charge is -2.40. The van der Waals surface area contributed by atoms with E-state index in [1.54, 1.807) is 31.2 Å². The smallest absolute Gasteiger partial charge is 0.358 e. The van der Waals surface area contributed by atoms with Crippen LogP contribution >= 0.6 is 23.4 Å². The van der Waals surface area contributed by atoms with Crippen molar-refractivity contribution < 1.29 is 24.0 Å². The van der Waals surface area contributed by atoms with Crippen LogP contribution in [0.15, 0.2) is 29.4 Å². The minimum Gasteiger partial charge on any atom is -0.461 e. The Bertz CT molecular complexity index is 774. The summed E-state index contributed by atoms with van der Waals surface area (Å²) in [5.41, 5.74) is 0.111. The van der Waals surface area contributed by atoms with Crippen molar-refractivity contribution in [2.75, 3.05) is 26.0 Å². The van der Waals surface area contributed by atoms with E-state index in [4.69, 9.17) is 16.3 Å². The monoisotopic (exact) mass is 442 g/mol. The van der Waals surface area contributed by atoms with Crippen molar-refractivity contribution >= 4 is 47.1 Å². The number of hydrogen-bond donors (Lipinski definition) is 1. The number of benzene rings is 1. The number of halogens is 1. The molecule has 1 fully saturated rings. The zero-order valence-corrected chi connectivity index (χ0v) is 18.0. The molecule has 0 spiro atoms. The van der Waals surface area contributed by atoms with Gasteiger partial charge in [0.15, 0.2) is 11.2 Å². The van der Waals surface area contributed by atoms with E-state index in [9.17, 15) is 14.4 Å². The zero-order valence-electron chi connectivity index (χ0n) is 16.4. The molecule has 0 bridgehead atoms. The Kier molecular flexibility index (Phi) is 8.59. The third kappa shape index (κ3) is 6.01. The lowest BCUT2D eigenvalue weighted by atomic mass is 10.2. The molecule has 0 aliphatic carbocycles. The van der Waals surface area contributed by atoms with Gasteiger partial charge in [0.25, 0.3) is 0 Å². The molecule has 1 saturated heterocycles. The molecule has 1 heterocycles. The van der Waals surface area contributed by atoms with Gasteiger partial charge in [-0.05, 0) is 30.4 Å². The number of ether oxygens (including phenoxy) is 1. The van der Waals surface area contributed by atoms with Gasteiger partial charge in [-0.3, -0.25) is 4.90 Å². The molecule has 1 aliphatic rings. The number of thioether (sulfide) groups is 1. The SMILES string of the molecule is CCOC(=O)/C(CN1C(=O)NC(SCC)N(Cc2ccc(Cl)cc2)C1=O)=N/OC. The van der Waals surface area contributed by atoms with Crippen LogP contribution in [0, 0.1) is 0 Å². The van der Waals surface area contributed by atoms with E-state index in [1.165, 1.54) is 23.8 Å². The van der Waals surface area contributed by atoms with E-state index in [1.807, 2.05) is 6.92 Å². The topological polar surface area (TPSA) is 101 Å². The summed E-state index contributed by atoms with van der Waals surface area (Å²) >= 11 is 7.34. The summed E-state index contributed by atoms with van der Waals surface area (Å²) in [6.07, 6.45) is 0. The lowest BCUT2D eigenvalue weighted by molar-refractivity contribution is -0.135. The number of imide groups is 1. The van der Waals surface area contributed by atoms with Gasteiger partial charge in [0.1, 0.15) is 7.11 Å². The first-order chi connectivity index (χ1) is 13.9. The molecule has 29 heavy (non-hydrogen) atoms. The van der Waals surface area contributed by atoms with Crippen molar-refractivity contribution in [3.63, 3.8) is 0 Å². The van der Waals surface area contributed by atoms with Gasteiger partial charge < -0.3 is 14.9 Å². The second-order valence-electron chi connectivity index (χ2n) is 5.82. The maximum atomic E-state index is 13.1. The fourth-order valence-electron chi connectivity index (χ4n) is 2.57. The van der Waals surface area contributed by atoms with Crippen molar-refractivity contribution in [2.45, 2.75) is 25.9 Å². The molecule has 1 N–H and O–H groups in total. The van der Waals surface area contributed by atoms with Crippen molar-refractivity contribution in [3.05, 3.63) is 34.9 Å². The fourth-order valence-corrected chi connectivity index (χ4v) is 3.55. The Morgan fingerprint density at radius 3 is 2.55 bits per heavy atom. The van der Waals surface area contributed by atoms with Crippen molar-refractivity contribution in [1.82, 2.24) is 15.1 Å². The van der Waals surface area contributed by atoms with Gasteiger partial charge in [-0.25, -0.2) is 19.3 Å². The van der Waals surface area contributed by atoms with E-state index in [2.05, 4.69) is 15.3 Å². The largest absolute Gasteiger partial charge is 0.461 e. The summed E-state index contributed by atoms with van der Waals surface area (Å²) in [5.74, 6) is -0.0709. The van der Waals surface area contributed by atoms with Crippen LogP contribution in [0.5, 0.6) is 0 Å². The number of urea groups is 2. The van der Waals surface area contributed by atoms with E-state index in [0.29, 0.717) is 10.8 Å². The van der Waals surface area contributed by atoms with E-state index in [0.717, 1.165) is 10.5 Å². The number of oxime groups is 1. The fraction of sp³-hybridized carbons (Fsp3) is 0.444. The Morgan fingerprint density at radius 2 is 1.97 bits per heavy atom. The van der Waals surface area contributed by atoms with Crippen LogP contribution in [0.3, 0.4) is 0 Å². The van der Waals surface area contributed by atoms with Crippen LogP contribution in [-0.2, 0) is 20.9 Å². The molecule has 4 amide bonds. The second kappa shape index (κ2) is 10.9. The third-order valence-corrected chi connectivity index (χ3v) is 5.14. The molecule has 1 aliphatic heterocycles. The normalized spacial score (nSPS) is 17.2. The minimum absolute atomic E-state index is 0.125. The number of esters is 1. The molecule has 1 unspecified atom stereocenters. The van der Waals surface area contributed by atoms with Crippen LogP contribution in [0.2, 0.25) is 5.02 Å². The maximum absolute atomic E-state index is 13.1. The van der Waals surface area contributed by atoms with Gasteiger partial charge in [0.2, 0.25) is 0 Å². The van der Waals surface area contributed by atoms with Gasteiger partial charge in [0.05, 0.1) is 19.7 Å². The molecule has 1 aromatic carbocycles. The Hall–Kier alpha value is -2.46. The first-order valence-corrected chi connectivity index (χ1v) is 10.4. The van der Waals surface area contributed by atoms with Crippen molar-refractivity contribution in [3.8, 4) is 0 Å². The second-order valence-corrected chi connectivity index (χ2v) is 7.61. The molecule has 1 atom stereocenters. The molecule has 0 aromatic heterocycles. The quantitative estimate of drug-likeness (QED) is 0.358. The summed E-state index contributed by atoms with van der Waals surface area (Å²) in [6, 6.07) is 5.90. The average Bonchev–Trinajstić information content (AvgIpc) is 2.69. The highest BCUT2D eigenvalue weighted by atomic mass is 35.5. The number of rotatable bonds is 9. The van der Waals surface area contributed by atoms with Gasteiger partial charge in [0, 0.05) is 5.02 Å². The molecular weight excluding hydrogens is 420 g/mol. The summed E-state index contributed by atoms with van der Waals surface area (Å²) in [4.78, 5) is 44.8. The van der Waals surface area contributed by atoms with Crippen LogP contribution < -0.4 is 5.32 Å². The average molecular weight is 443 g/mol. The molecular formula is C18H23ClN4O5S. The standard InChI is InChI=1S/C18H23ClN4O5S/c1-4-28-15(24)14(21-27-3)11-22-16(25)20-17(29-5-2)23(18(22)26)10-12-6-8-13(19)9-7-12/h6-9,17H,4-5,10-11H2,1-3H3,(H,20,25)/b21-14+. The third-order valence-electron chi connectivity index (χ3n) is 3.86. The molecule has 0 saturated carbocycles.